The molecule has 0 aliphatic carbocycles. The zero-order chi connectivity index (χ0) is 18.8. The average molecular weight is 378 g/mol. The topological polar surface area (TPSA) is 65.7 Å². The van der Waals surface area contributed by atoms with Crippen molar-refractivity contribution in [2.24, 2.45) is 4.99 Å². The molecule has 0 radical (unpaired) electrons. The van der Waals surface area contributed by atoms with E-state index in [9.17, 15) is 0 Å². The monoisotopic (exact) mass is 377 g/mol. The summed E-state index contributed by atoms with van der Waals surface area (Å²) in [6.07, 6.45) is 4.56. The number of guanidine groups is 1. The molecule has 0 aliphatic rings. The van der Waals surface area contributed by atoms with Gasteiger partial charge in [-0.1, -0.05) is 13.8 Å². The molecule has 2 N–H and O–H groups in total. The SMILES string of the molecule is CCNC(=NCC(c1ccco1)N(CC)CC)NCCc1ncc(C)s1. The molecule has 0 saturated carbocycles. The highest BCUT2D eigenvalue weighted by molar-refractivity contribution is 7.11. The van der Waals surface area contributed by atoms with Crippen LogP contribution >= 0.6 is 11.3 Å². The first-order chi connectivity index (χ1) is 12.7. The summed E-state index contributed by atoms with van der Waals surface area (Å²) >= 11 is 1.75. The van der Waals surface area contributed by atoms with Gasteiger partial charge in [0, 0.05) is 30.6 Å². The van der Waals surface area contributed by atoms with Crippen molar-refractivity contribution in [3.63, 3.8) is 0 Å². The van der Waals surface area contributed by atoms with E-state index in [1.165, 1.54) is 4.88 Å². The molecule has 7 heteroatoms. The first-order valence-electron chi connectivity index (χ1n) is 9.38. The summed E-state index contributed by atoms with van der Waals surface area (Å²) in [5.74, 6) is 1.80. The number of rotatable bonds is 10. The van der Waals surface area contributed by atoms with Crippen LogP contribution in [0.4, 0.5) is 0 Å². The molecule has 0 bridgehead atoms. The van der Waals surface area contributed by atoms with Crippen LogP contribution < -0.4 is 10.6 Å². The highest BCUT2D eigenvalue weighted by Gasteiger charge is 2.20. The molecular weight excluding hydrogens is 346 g/mol. The minimum Gasteiger partial charge on any atom is -0.468 e. The standard InChI is InChI=1S/C19H31N5OS/c1-5-20-19(21-11-10-18-22-13-15(4)26-18)23-14-16(24(6-2)7-3)17-9-8-12-25-17/h8-9,12-13,16H,5-7,10-11,14H2,1-4H3,(H2,20,21,23). The van der Waals surface area contributed by atoms with Crippen LogP contribution in [0.15, 0.2) is 34.0 Å². The van der Waals surface area contributed by atoms with E-state index in [4.69, 9.17) is 9.41 Å². The number of likely N-dealkylation sites (N-methyl/N-ethyl adjacent to an activating group) is 1. The third-order valence-electron chi connectivity index (χ3n) is 4.19. The van der Waals surface area contributed by atoms with Crippen LogP contribution in [0.2, 0.25) is 0 Å². The van der Waals surface area contributed by atoms with Crippen molar-refractivity contribution < 1.29 is 4.42 Å². The second-order valence-electron chi connectivity index (χ2n) is 6.01. The maximum atomic E-state index is 5.66. The Kier molecular flexibility index (Phi) is 8.64. The fraction of sp³-hybridized carbons (Fsp3) is 0.579. The number of hydrogen-bond acceptors (Lipinski definition) is 5. The van der Waals surface area contributed by atoms with Crippen molar-refractivity contribution in [1.82, 2.24) is 20.5 Å². The Morgan fingerprint density at radius 2 is 2.12 bits per heavy atom. The van der Waals surface area contributed by atoms with Crippen molar-refractivity contribution in [3.05, 3.63) is 40.2 Å². The molecule has 0 fully saturated rings. The van der Waals surface area contributed by atoms with Crippen molar-refractivity contribution >= 4 is 17.3 Å². The fourth-order valence-electron chi connectivity index (χ4n) is 2.85. The first-order valence-corrected chi connectivity index (χ1v) is 10.2. The van der Waals surface area contributed by atoms with Gasteiger partial charge in [0.1, 0.15) is 5.76 Å². The van der Waals surface area contributed by atoms with Crippen molar-refractivity contribution in [3.8, 4) is 0 Å². The quantitative estimate of drug-likeness (QED) is 0.492. The Hall–Kier alpha value is -1.86. The van der Waals surface area contributed by atoms with E-state index < -0.39 is 0 Å². The largest absolute Gasteiger partial charge is 0.468 e. The molecular formula is C19H31N5OS. The zero-order valence-corrected chi connectivity index (χ0v) is 17.1. The lowest BCUT2D eigenvalue weighted by molar-refractivity contribution is 0.198. The molecule has 0 aliphatic heterocycles. The normalized spacial score (nSPS) is 13.2. The molecule has 2 rings (SSSR count). The molecule has 1 unspecified atom stereocenters. The van der Waals surface area contributed by atoms with Gasteiger partial charge in [0.05, 0.1) is 23.9 Å². The third kappa shape index (κ3) is 6.14. The summed E-state index contributed by atoms with van der Waals surface area (Å²) in [4.78, 5) is 12.8. The maximum absolute atomic E-state index is 5.66. The Labute approximate surface area is 160 Å². The minimum atomic E-state index is 0.150. The van der Waals surface area contributed by atoms with Gasteiger partial charge in [0.2, 0.25) is 0 Å². The van der Waals surface area contributed by atoms with Crippen LogP contribution in [0, 0.1) is 6.92 Å². The van der Waals surface area contributed by atoms with E-state index in [1.807, 2.05) is 18.3 Å². The number of aromatic nitrogens is 1. The molecule has 1 atom stereocenters. The number of nitrogens with zero attached hydrogens (tertiary/aromatic N) is 3. The Bertz CT molecular complexity index is 649. The molecule has 2 heterocycles. The van der Waals surface area contributed by atoms with E-state index in [0.29, 0.717) is 6.54 Å². The predicted molar refractivity (Wildman–Crippen MR) is 109 cm³/mol. The van der Waals surface area contributed by atoms with Gasteiger partial charge in [-0.25, -0.2) is 4.98 Å². The van der Waals surface area contributed by atoms with Gasteiger partial charge in [-0.2, -0.15) is 0 Å². The summed E-state index contributed by atoms with van der Waals surface area (Å²) in [5.41, 5.74) is 0. The van der Waals surface area contributed by atoms with Crippen LogP contribution in [0.5, 0.6) is 0 Å². The molecule has 144 valence electrons. The van der Waals surface area contributed by atoms with E-state index >= 15 is 0 Å². The van der Waals surface area contributed by atoms with Gasteiger partial charge in [-0.15, -0.1) is 11.3 Å². The van der Waals surface area contributed by atoms with E-state index in [-0.39, 0.29) is 6.04 Å². The van der Waals surface area contributed by atoms with Crippen molar-refractivity contribution in [2.75, 3.05) is 32.7 Å². The second kappa shape index (κ2) is 11.0. The first kappa shape index (κ1) is 20.5. The number of hydrogen-bond donors (Lipinski definition) is 2. The van der Waals surface area contributed by atoms with Gasteiger partial charge in [-0.3, -0.25) is 9.89 Å². The molecule has 6 nitrogen and oxygen atoms in total. The predicted octanol–water partition coefficient (Wildman–Crippen LogP) is 3.23. The van der Waals surface area contributed by atoms with E-state index in [0.717, 1.165) is 49.3 Å². The van der Waals surface area contributed by atoms with Gasteiger partial charge in [-0.05, 0) is 39.1 Å². The highest BCUT2D eigenvalue weighted by Crippen LogP contribution is 2.21. The number of furan rings is 1. The number of nitrogens with one attached hydrogen (secondary N) is 2. The van der Waals surface area contributed by atoms with Gasteiger partial charge >= 0.3 is 0 Å². The lowest BCUT2D eigenvalue weighted by Gasteiger charge is -2.27. The molecule has 0 saturated heterocycles. The zero-order valence-electron chi connectivity index (χ0n) is 16.3. The summed E-state index contributed by atoms with van der Waals surface area (Å²) in [6, 6.07) is 4.12. The van der Waals surface area contributed by atoms with Gasteiger partial charge in [0.15, 0.2) is 5.96 Å². The third-order valence-corrected chi connectivity index (χ3v) is 5.16. The number of aliphatic imine (C=N–C) groups is 1. The van der Waals surface area contributed by atoms with Crippen LogP contribution in [-0.2, 0) is 6.42 Å². The summed E-state index contributed by atoms with van der Waals surface area (Å²) in [6.45, 7) is 12.7. The van der Waals surface area contributed by atoms with Crippen molar-refractivity contribution in [1.29, 1.82) is 0 Å². The fourth-order valence-corrected chi connectivity index (χ4v) is 3.64. The van der Waals surface area contributed by atoms with Crippen LogP contribution in [0.3, 0.4) is 0 Å². The molecule has 26 heavy (non-hydrogen) atoms. The number of aryl methyl sites for hydroxylation is 1. The van der Waals surface area contributed by atoms with E-state index in [1.54, 1.807) is 17.6 Å². The highest BCUT2D eigenvalue weighted by atomic mass is 32.1. The molecule has 0 aromatic carbocycles. The Morgan fingerprint density at radius 1 is 1.31 bits per heavy atom. The Morgan fingerprint density at radius 3 is 2.69 bits per heavy atom. The number of thiazole rings is 1. The molecule has 2 aromatic heterocycles. The Balaban J connectivity index is 1.98. The van der Waals surface area contributed by atoms with Crippen molar-refractivity contribution in [2.45, 2.75) is 40.2 Å². The minimum absolute atomic E-state index is 0.150. The summed E-state index contributed by atoms with van der Waals surface area (Å²) < 4.78 is 5.66. The van der Waals surface area contributed by atoms with Crippen LogP contribution in [0.25, 0.3) is 0 Å². The second-order valence-corrected chi connectivity index (χ2v) is 7.33. The van der Waals surface area contributed by atoms with Crippen LogP contribution in [-0.4, -0.2) is 48.6 Å². The smallest absolute Gasteiger partial charge is 0.191 e. The van der Waals surface area contributed by atoms with Crippen LogP contribution in [0.1, 0.15) is 42.5 Å². The van der Waals surface area contributed by atoms with Gasteiger partial charge in [0.25, 0.3) is 0 Å². The summed E-state index contributed by atoms with van der Waals surface area (Å²) in [7, 11) is 0. The lowest BCUT2D eigenvalue weighted by atomic mass is 10.2. The lowest BCUT2D eigenvalue weighted by Crippen LogP contribution is -2.39. The summed E-state index contributed by atoms with van der Waals surface area (Å²) in [5, 5.41) is 7.89. The average Bonchev–Trinajstić information content (AvgIpc) is 3.30. The molecule has 0 amide bonds. The van der Waals surface area contributed by atoms with E-state index in [2.05, 4.69) is 48.2 Å². The molecule has 2 aromatic rings. The molecule has 0 spiro atoms. The van der Waals surface area contributed by atoms with Gasteiger partial charge < -0.3 is 15.1 Å². The maximum Gasteiger partial charge on any atom is 0.191 e.